The number of ether oxygens (including phenoxy) is 4. The van der Waals surface area contributed by atoms with Crippen LogP contribution in [0.4, 0.5) is 0 Å². The molecule has 1 aliphatic rings. The molecule has 6 nitrogen and oxygen atoms in total. The molecule has 2 aromatic rings. The topological polar surface area (TPSA) is 66.4 Å². The van der Waals surface area contributed by atoms with E-state index in [0.717, 1.165) is 10.4 Å². The van der Waals surface area contributed by atoms with Gasteiger partial charge in [0.25, 0.3) is 8.32 Å². The summed E-state index contributed by atoms with van der Waals surface area (Å²) >= 11 is 0. The van der Waals surface area contributed by atoms with Gasteiger partial charge < -0.3 is 28.5 Å². The molecule has 1 saturated heterocycles. The Morgan fingerprint density at radius 3 is 1.66 bits per heavy atom. The molecule has 0 radical (unpaired) electrons. The van der Waals surface area contributed by atoms with Crippen LogP contribution < -0.4 is 10.4 Å². The molecule has 0 saturated carbocycles. The molecule has 1 aliphatic heterocycles. The lowest BCUT2D eigenvalue weighted by molar-refractivity contribution is -0.304. The average molecular weight is 533 g/mol. The monoisotopic (exact) mass is 532 g/mol. The smallest absolute Gasteiger partial charge is 0.261 e. The quantitative estimate of drug-likeness (QED) is 0.354. The van der Waals surface area contributed by atoms with Gasteiger partial charge in [-0.3, -0.25) is 0 Å². The van der Waals surface area contributed by atoms with Crippen LogP contribution >= 0.6 is 0 Å². The normalized spacial score (nSPS) is 23.7. The molecule has 0 spiro atoms. The Morgan fingerprint density at radius 1 is 0.763 bits per heavy atom. The van der Waals surface area contributed by atoms with Gasteiger partial charge in [-0.1, -0.05) is 99.2 Å². The second-order valence-electron chi connectivity index (χ2n) is 9.98. The minimum absolute atomic E-state index is 0.00237. The fourth-order valence-corrected chi connectivity index (χ4v) is 9.57. The third-order valence-electron chi connectivity index (χ3n) is 6.57. The third-order valence-corrected chi connectivity index (χ3v) is 11.6. The SMILES string of the molecule is C#CCO[C@@H]1[C@@H](OCC#C)[C@@H](O)O[C@H](CO[Si](c2ccccc2)(c2ccccc2)C(C)(C)C)[C@H]1OCC#C. The van der Waals surface area contributed by atoms with Crippen molar-refractivity contribution in [2.75, 3.05) is 26.4 Å². The first-order valence-electron chi connectivity index (χ1n) is 12.5. The lowest BCUT2D eigenvalue weighted by atomic mass is 9.98. The van der Waals surface area contributed by atoms with E-state index in [4.69, 9.17) is 42.6 Å². The van der Waals surface area contributed by atoms with Gasteiger partial charge in [0.05, 0.1) is 6.61 Å². The minimum atomic E-state index is -2.89. The molecular weight excluding hydrogens is 496 g/mol. The van der Waals surface area contributed by atoms with Crippen molar-refractivity contribution in [2.45, 2.75) is 56.5 Å². The summed E-state index contributed by atoms with van der Waals surface area (Å²) in [7, 11) is -2.89. The molecule has 1 N–H and O–H groups in total. The summed E-state index contributed by atoms with van der Waals surface area (Å²) in [5.41, 5.74) is 0. The zero-order chi connectivity index (χ0) is 27.6. The van der Waals surface area contributed by atoms with Crippen LogP contribution in [0.5, 0.6) is 0 Å². The van der Waals surface area contributed by atoms with E-state index in [-0.39, 0.29) is 31.5 Å². The number of aliphatic hydroxyl groups is 1. The molecule has 38 heavy (non-hydrogen) atoms. The highest BCUT2D eigenvalue weighted by Gasteiger charge is 2.53. The fourth-order valence-electron chi connectivity index (χ4n) is 5.00. The van der Waals surface area contributed by atoms with Crippen LogP contribution in [-0.2, 0) is 23.4 Å². The van der Waals surface area contributed by atoms with Crippen LogP contribution in [0.25, 0.3) is 0 Å². The Balaban J connectivity index is 2.02. The van der Waals surface area contributed by atoms with E-state index in [0.29, 0.717) is 0 Å². The van der Waals surface area contributed by atoms with Crippen LogP contribution in [0, 0.1) is 37.0 Å². The average Bonchev–Trinajstić information content (AvgIpc) is 2.91. The zero-order valence-electron chi connectivity index (χ0n) is 22.2. The van der Waals surface area contributed by atoms with Crippen LogP contribution in [0.2, 0.25) is 5.04 Å². The fraction of sp³-hybridized carbons (Fsp3) is 0.419. The van der Waals surface area contributed by atoms with Crippen molar-refractivity contribution in [1.29, 1.82) is 0 Å². The molecular formula is C31H36O6Si. The second-order valence-corrected chi connectivity index (χ2v) is 14.3. The number of terminal acetylenes is 3. The molecule has 0 aromatic heterocycles. The van der Waals surface area contributed by atoms with Crippen molar-refractivity contribution in [2.24, 2.45) is 0 Å². The van der Waals surface area contributed by atoms with E-state index in [1.807, 2.05) is 36.4 Å². The summed E-state index contributed by atoms with van der Waals surface area (Å²) in [6.07, 6.45) is 11.8. The Hall–Kier alpha value is -2.90. The maximum atomic E-state index is 10.9. The maximum absolute atomic E-state index is 10.9. The van der Waals surface area contributed by atoms with Crippen LogP contribution in [0.3, 0.4) is 0 Å². The highest BCUT2D eigenvalue weighted by molar-refractivity contribution is 6.99. The van der Waals surface area contributed by atoms with Crippen LogP contribution in [-0.4, -0.2) is 70.6 Å². The molecule has 0 amide bonds. The number of aliphatic hydroxyl groups excluding tert-OH is 1. The van der Waals surface area contributed by atoms with Crippen molar-refractivity contribution in [3.63, 3.8) is 0 Å². The summed E-state index contributed by atoms with van der Waals surface area (Å²) in [5, 5.41) is 12.9. The van der Waals surface area contributed by atoms with Gasteiger partial charge in [-0.25, -0.2) is 0 Å². The number of rotatable bonds is 11. The van der Waals surface area contributed by atoms with E-state index < -0.39 is 39.0 Å². The maximum Gasteiger partial charge on any atom is 0.261 e. The van der Waals surface area contributed by atoms with Gasteiger partial charge in [-0.15, -0.1) is 19.3 Å². The summed E-state index contributed by atoms with van der Waals surface area (Å²) in [5.74, 6) is 7.35. The molecule has 7 heteroatoms. The lowest BCUT2D eigenvalue weighted by Gasteiger charge is -2.47. The van der Waals surface area contributed by atoms with E-state index in [9.17, 15) is 5.11 Å². The Bertz CT molecular complexity index is 1090. The van der Waals surface area contributed by atoms with E-state index in [1.165, 1.54) is 0 Å². The first kappa shape index (κ1) is 29.6. The largest absolute Gasteiger partial charge is 0.405 e. The molecule has 2 aromatic carbocycles. The van der Waals surface area contributed by atoms with E-state index in [1.54, 1.807) is 0 Å². The molecule has 1 heterocycles. The van der Waals surface area contributed by atoms with Crippen LogP contribution in [0.15, 0.2) is 60.7 Å². The summed E-state index contributed by atoms with van der Waals surface area (Å²) < 4.78 is 30.7. The van der Waals surface area contributed by atoms with Gasteiger partial charge in [-0.05, 0) is 15.4 Å². The molecule has 0 bridgehead atoms. The van der Waals surface area contributed by atoms with Crippen molar-refractivity contribution < 1.29 is 28.5 Å². The molecule has 3 rings (SSSR count). The van der Waals surface area contributed by atoms with Gasteiger partial charge in [0.2, 0.25) is 0 Å². The zero-order valence-corrected chi connectivity index (χ0v) is 23.2. The van der Waals surface area contributed by atoms with Gasteiger partial charge in [-0.2, -0.15) is 0 Å². The van der Waals surface area contributed by atoms with Crippen molar-refractivity contribution >= 4 is 18.7 Å². The summed E-state index contributed by atoms with van der Waals surface area (Å²) in [6, 6.07) is 20.5. The third kappa shape index (κ3) is 6.56. The van der Waals surface area contributed by atoms with Gasteiger partial charge >= 0.3 is 0 Å². The second kappa shape index (κ2) is 13.8. The predicted molar refractivity (Wildman–Crippen MR) is 150 cm³/mol. The predicted octanol–water partition coefficient (Wildman–Crippen LogP) is 2.34. The standard InChI is InChI=1S/C31H36O6Si/c1-7-20-33-27-26(37-30(32)29(35-22-9-3)28(27)34-21-8-2)23-36-38(31(4,5)6,24-16-12-10-13-17-24)25-18-14-11-15-19-25/h1-3,10-19,26-30,32H,20-23H2,4-6H3/t26-,27-,28+,29-,30+/m1/s1. The summed E-state index contributed by atoms with van der Waals surface area (Å²) in [6.45, 7) is 6.59. The Morgan fingerprint density at radius 2 is 1.21 bits per heavy atom. The van der Waals surface area contributed by atoms with Crippen molar-refractivity contribution in [1.82, 2.24) is 0 Å². The first-order chi connectivity index (χ1) is 18.3. The first-order valence-corrected chi connectivity index (χ1v) is 14.4. The number of hydrogen-bond acceptors (Lipinski definition) is 6. The molecule has 1 fully saturated rings. The van der Waals surface area contributed by atoms with Crippen molar-refractivity contribution in [3.8, 4) is 37.0 Å². The molecule has 5 atom stereocenters. The van der Waals surface area contributed by atoms with Gasteiger partial charge in [0, 0.05) is 0 Å². The van der Waals surface area contributed by atoms with Gasteiger partial charge in [0.1, 0.15) is 44.2 Å². The van der Waals surface area contributed by atoms with E-state index >= 15 is 0 Å². The van der Waals surface area contributed by atoms with Crippen LogP contribution in [0.1, 0.15) is 20.8 Å². The van der Waals surface area contributed by atoms with E-state index in [2.05, 4.69) is 62.8 Å². The molecule has 0 unspecified atom stereocenters. The summed E-state index contributed by atoms with van der Waals surface area (Å²) in [4.78, 5) is 0. The Labute approximate surface area is 227 Å². The van der Waals surface area contributed by atoms with Gasteiger partial charge in [0.15, 0.2) is 6.29 Å². The highest BCUT2D eigenvalue weighted by Crippen LogP contribution is 2.37. The minimum Gasteiger partial charge on any atom is -0.405 e. The molecule has 200 valence electrons. The lowest BCUT2D eigenvalue weighted by Crippen LogP contribution is -2.68. The number of hydrogen-bond donors (Lipinski definition) is 1. The van der Waals surface area contributed by atoms with Crippen molar-refractivity contribution in [3.05, 3.63) is 60.7 Å². The number of benzene rings is 2. The molecule has 0 aliphatic carbocycles. The highest BCUT2D eigenvalue weighted by atomic mass is 28.4. The Kier molecular flexibility index (Phi) is 10.7.